The molecule has 53 heavy (non-hydrogen) atoms. The number of anilines is 3. The lowest BCUT2D eigenvalue weighted by atomic mass is 9.35. The second-order valence-electron chi connectivity index (χ2n) is 20.1. The normalized spacial score (nSPS) is 14.4. The highest BCUT2D eigenvalue weighted by atomic mass is 16.3. The van der Waals surface area contributed by atoms with E-state index >= 15 is 0 Å². The van der Waals surface area contributed by atoms with Crippen molar-refractivity contribution in [2.75, 3.05) is 4.90 Å². The van der Waals surface area contributed by atoms with Crippen LogP contribution in [0.5, 0.6) is 0 Å². The number of rotatable bonds is 1. The monoisotopic (exact) mass is 696 g/mol. The third kappa shape index (κ3) is 5.00. The lowest BCUT2D eigenvalue weighted by molar-refractivity contribution is 0.590. The molecule has 2 aliphatic rings. The van der Waals surface area contributed by atoms with Gasteiger partial charge >= 0.3 is 0 Å². The quantitative estimate of drug-likeness (QED) is 0.159. The highest BCUT2D eigenvalue weighted by molar-refractivity contribution is 7.00. The molecule has 0 saturated heterocycles. The molecule has 0 spiro atoms. The fraction of sp³-hybridized carbons (Fsp3) is 0.347. The van der Waals surface area contributed by atoms with Crippen LogP contribution in [0.4, 0.5) is 17.1 Å². The first kappa shape index (κ1) is 34.1. The predicted octanol–water partition coefficient (Wildman–Crippen LogP) is 11.6. The summed E-state index contributed by atoms with van der Waals surface area (Å²) >= 11 is 0. The van der Waals surface area contributed by atoms with E-state index in [1.807, 2.05) is 0 Å². The first-order valence-corrected chi connectivity index (χ1v) is 19.5. The maximum Gasteiger partial charge on any atom is 0.297 e. The zero-order valence-electron chi connectivity index (χ0n) is 34.0. The second kappa shape index (κ2) is 10.7. The van der Waals surface area contributed by atoms with Gasteiger partial charge in [-0.05, 0) is 122 Å². The van der Waals surface area contributed by atoms with Crippen LogP contribution in [0, 0.1) is 6.92 Å². The van der Waals surface area contributed by atoms with Crippen molar-refractivity contribution in [2.45, 2.75) is 112 Å². The number of aryl methyl sites for hydroxylation is 1. The molecule has 0 radical (unpaired) electrons. The zero-order valence-corrected chi connectivity index (χ0v) is 34.0. The lowest BCUT2D eigenvalue weighted by Crippen LogP contribution is -2.60. The van der Waals surface area contributed by atoms with E-state index in [2.05, 4.69) is 184 Å². The molecular weight excluding hydrogens is 643 g/mol. The highest BCUT2D eigenvalue weighted by Gasteiger charge is 2.46. The van der Waals surface area contributed by atoms with Crippen LogP contribution in [0.25, 0.3) is 38.5 Å². The molecule has 2 aliphatic heterocycles. The number of aromatic nitrogens is 1. The van der Waals surface area contributed by atoms with Gasteiger partial charge in [-0.3, -0.25) is 0 Å². The minimum Gasteiger partial charge on any atom is -0.468 e. The Kier molecular flexibility index (Phi) is 6.89. The Labute approximate surface area is 316 Å². The van der Waals surface area contributed by atoms with Gasteiger partial charge in [-0.1, -0.05) is 113 Å². The van der Waals surface area contributed by atoms with Crippen molar-refractivity contribution in [1.29, 1.82) is 0 Å². The summed E-state index contributed by atoms with van der Waals surface area (Å²) in [5.41, 5.74) is 18.6. The summed E-state index contributed by atoms with van der Waals surface area (Å²) in [6, 6.07) is 33.1. The SMILES string of the molecule is Cc1cc2c3c(c1)-n1c4ccc(C(C)(C)C)cc4c4cc(C(C)(C)C)cc(c41)B3c1oc3ccc(C(C)(C)C)cc3c1N2c1ccc(C(C)(C)C)cc1. The standard InChI is InChI=1S/C49H53BN2O/c1-28-22-39-42-40(23-28)52-38-20-16-30(47(5,6)7)24-34(38)35-26-32(49(11,12)13)27-37(43(35)52)50(42)45-44(36-25-31(48(8,9)10)17-21-41(36)53-45)51(39)33-18-14-29(15-19-33)46(2,3)4/h14-27H,1-13H3. The van der Waals surface area contributed by atoms with E-state index < -0.39 is 0 Å². The van der Waals surface area contributed by atoms with Gasteiger partial charge in [-0.15, -0.1) is 0 Å². The minimum atomic E-state index is -0.0603. The summed E-state index contributed by atoms with van der Waals surface area (Å²) in [6.07, 6.45) is 0. The number of benzene rings is 5. The molecule has 9 rings (SSSR count). The smallest absolute Gasteiger partial charge is 0.297 e. The van der Waals surface area contributed by atoms with E-state index in [-0.39, 0.29) is 28.4 Å². The van der Waals surface area contributed by atoms with Gasteiger partial charge in [0.2, 0.25) is 0 Å². The third-order valence-corrected chi connectivity index (χ3v) is 12.0. The Bertz CT molecular complexity index is 2660. The van der Waals surface area contributed by atoms with Crippen molar-refractivity contribution in [3.8, 4) is 5.69 Å². The van der Waals surface area contributed by atoms with Crippen molar-refractivity contribution < 1.29 is 4.42 Å². The summed E-state index contributed by atoms with van der Waals surface area (Å²) in [6.45, 7) is 29.9. The average molecular weight is 697 g/mol. The average Bonchev–Trinajstić information content (AvgIpc) is 3.60. The topological polar surface area (TPSA) is 21.3 Å². The lowest BCUT2D eigenvalue weighted by Gasteiger charge is -2.39. The number of fused-ring (bicyclic) bond motifs is 9. The third-order valence-electron chi connectivity index (χ3n) is 12.0. The molecular formula is C49H53BN2O. The highest BCUT2D eigenvalue weighted by Crippen LogP contribution is 2.47. The summed E-state index contributed by atoms with van der Waals surface area (Å²) < 4.78 is 9.80. The van der Waals surface area contributed by atoms with Crippen LogP contribution in [0.3, 0.4) is 0 Å². The first-order valence-electron chi connectivity index (χ1n) is 19.5. The van der Waals surface area contributed by atoms with E-state index in [0.717, 1.165) is 22.6 Å². The number of hydrogen-bond acceptors (Lipinski definition) is 2. The van der Waals surface area contributed by atoms with Crippen LogP contribution in [0.1, 0.15) is 111 Å². The fourth-order valence-corrected chi connectivity index (χ4v) is 8.90. The molecule has 0 atom stereocenters. The molecule has 0 aliphatic carbocycles. The molecule has 0 fully saturated rings. The molecule has 0 bridgehead atoms. The van der Waals surface area contributed by atoms with Gasteiger partial charge in [-0.2, -0.15) is 0 Å². The molecule has 2 aromatic heterocycles. The van der Waals surface area contributed by atoms with E-state index in [1.54, 1.807) is 0 Å². The van der Waals surface area contributed by atoms with E-state index in [4.69, 9.17) is 4.42 Å². The van der Waals surface area contributed by atoms with Crippen molar-refractivity contribution in [1.82, 2.24) is 4.57 Å². The molecule has 268 valence electrons. The Hall–Kier alpha value is -4.70. The van der Waals surface area contributed by atoms with Crippen LogP contribution >= 0.6 is 0 Å². The van der Waals surface area contributed by atoms with Gasteiger partial charge in [0.25, 0.3) is 6.71 Å². The van der Waals surface area contributed by atoms with Crippen LogP contribution in [-0.4, -0.2) is 11.3 Å². The largest absolute Gasteiger partial charge is 0.468 e. The van der Waals surface area contributed by atoms with E-state index in [1.165, 1.54) is 77.3 Å². The molecule has 5 aromatic carbocycles. The van der Waals surface area contributed by atoms with Crippen LogP contribution in [0.2, 0.25) is 0 Å². The number of nitrogens with zero attached hydrogens (tertiary/aromatic N) is 2. The van der Waals surface area contributed by atoms with Crippen LogP contribution < -0.4 is 21.5 Å². The molecule has 0 amide bonds. The van der Waals surface area contributed by atoms with Gasteiger partial charge in [-0.25, -0.2) is 0 Å². The first-order chi connectivity index (χ1) is 24.7. The molecule has 4 heteroatoms. The van der Waals surface area contributed by atoms with Gasteiger partial charge in [0.15, 0.2) is 0 Å². The number of furan rings is 1. The number of hydrogen-bond donors (Lipinski definition) is 0. The van der Waals surface area contributed by atoms with Crippen molar-refractivity contribution in [3.63, 3.8) is 0 Å². The maximum absolute atomic E-state index is 7.23. The van der Waals surface area contributed by atoms with E-state index in [9.17, 15) is 0 Å². The fourth-order valence-electron chi connectivity index (χ4n) is 8.90. The van der Waals surface area contributed by atoms with Gasteiger partial charge in [0.1, 0.15) is 5.58 Å². The Morgan fingerprint density at radius 1 is 0.528 bits per heavy atom. The Morgan fingerprint density at radius 3 is 1.70 bits per heavy atom. The van der Waals surface area contributed by atoms with Crippen molar-refractivity contribution in [3.05, 3.63) is 113 Å². The van der Waals surface area contributed by atoms with Crippen molar-refractivity contribution >= 4 is 73.1 Å². The molecule has 3 nitrogen and oxygen atoms in total. The molecule has 0 saturated carbocycles. The Morgan fingerprint density at radius 2 is 1.08 bits per heavy atom. The van der Waals surface area contributed by atoms with Gasteiger partial charge in [0.05, 0.1) is 16.9 Å². The van der Waals surface area contributed by atoms with Crippen molar-refractivity contribution in [2.24, 2.45) is 0 Å². The second-order valence-corrected chi connectivity index (χ2v) is 20.1. The Balaban J connectivity index is 1.46. The van der Waals surface area contributed by atoms with E-state index in [0.29, 0.717) is 0 Å². The summed E-state index contributed by atoms with van der Waals surface area (Å²) in [4.78, 5) is 2.52. The van der Waals surface area contributed by atoms with Gasteiger partial charge < -0.3 is 13.9 Å². The summed E-state index contributed by atoms with van der Waals surface area (Å²) in [5.74, 6) is 0. The summed E-state index contributed by atoms with van der Waals surface area (Å²) in [5, 5.41) is 3.82. The molecule has 0 unspecified atom stereocenters. The molecule has 7 aromatic rings. The minimum absolute atomic E-state index is 0.00124. The van der Waals surface area contributed by atoms with Gasteiger partial charge in [0, 0.05) is 38.7 Å². The predicted molar refractivity (Wildman–Crippen MR) is 229 cm³/mol. The maximum atomic E-state index is 7.23. The molecule has 4 heterocycles. The molecule has 0 N–H and O–H groups in total. The van der Waals surface area contributed by atoms with Crippen LogP contribution in [0.15, 0.2) is 89.3 Å². The zero-order chi connectivity index (χ0) is 37.7. The van der Waals surface area contributed by atoms with Crippen LogP contribution in [-0.2, 0) is 21.7 Å². The summed E-state index contributed by atoms with van der Waals surface area (Å²) in [7, 11) is 0.